The fourth-order valence-electron chi connectivity index (χ4n) is 2.51. The number of amides is 1. The van der Waals surface area contributed by atoms with Crippen LogP contribution in [0.2, 0.25) is 0 Å². The maximum Gasteiger partial charge on any atom is 0.237 e. The number of piperidine rings is 1. The molecule has 4 nitrogen and oxygen atoms in total. The number of hydrogen-bond donors (Lipinski definition) is 2. The van der Waals surface area contributed by atoms with Crippen LogP contribution < -0.4 is 11.1 Å². The van der Waals surface area contributed by atoms with Crippen molar-refractivity contribution in [3.8, 4) is 0 Å². The van der Waals surface area contributed by atoms with Crippen LogP contribution in [0.5, 0.6) is 0 Å². The zero-order chi connectivity index (χ0) is 13.8. The van der Waals surface area contributed by atoms with Crippen molar-refractivity contribution in [3.63, 3.8) is 0 Å². The monoisotopic (exact) mass is 327 g/mol. The lowest BCUT2D eigenvalue weighted by atomic mass is 9.98. The highest BCUT2D eigenvalue weighted by atomic mass is 35.5. The Labute approximate surface area is 136 Å². The number of hydrogen-bond acceptors (Lipinski definition) is 3. The molecule has 0 aliphatic carbocycles. The predicted molar refractivity (Wildman–Crippen MR) is 89.8 cm³/mol. The molecule has 20 heavy (non-hydrogen) atoms. The molecule has 122 valence electrons. The highest BCUT2D eigenvalue weighted by Crippen LogP contribution is 2.17. The zero-order valence-electron chi connectivity index (χ0n) is 13.1. The molecule has 0 bridgehead atoms. The van der Waals surface area contributed by atoms with E-state index >= 15 is 0 Å². The van der Waals surface area contributed by atoms with Gasteiger partial charge >= 0.3 is 0 Å². The number of nitrogens with two attached hydrogens (primary N) is 1. The summed E-state index contributed by atoms with van der Waals surface area (Å²) in [4.78, 5) is 14.6. The lowest BCUT2D eigenvalue weighted by Gasteiger charge is -2.36. The summed E-state index contributed by atoms with van der Waals surface area (Å²) in [5.74, 6) is 0.467. The van der Waals surface area contributed by atoms with Gasteiger partial charge in [0.1, 0.15) is 0 Å². The summed E-state index contributed by atoms with van der Waals surface area (Å²) in [6, 6.07) is -0.00681. The van der Waals surface area contributed by atoms with Crippen LogP contribution in [0.25, 0.3) is 0 Å². The van der Waals surface area contributed by atoms with Gasteiger partial charge in [0.2, 0.25) is 5.91 Å². The van der Waals surface area contributed by atoms with Crippen LogP contribution in [-0.2, 0) is 4.79 Å². The average molecular weight is 328 g/mol. The molecular formula is C14H31Cl2N3O. The molecule has 3 N–H and O–H groups in total. The Morgan fingerprint density at radius 3 is 2.10 bits per heavy atom. The van der Waals surface area contributed by atoms with E-state index in [2.05, 4.69) is 24.1 Å². The van der Waals surface area contributed by atoms with Crippen LogP contribution in [0.3, 0.4) is 0 Å². The molecule has 0 aromatic heterocycles. The Morgan fingerprint density at radius 2 is 1.70 bits per heavy atom. The van der Waals surface area contributed by atoms with Gasteiger partial charge in [-0.1, -0.05) is 20.3 Å². The molecule has 1 amide bonds. The smallest absolute Gasteiger partial charge is 0.237 e. The third kappa shape index (κ3) is 7.67. The van der Waals surface area contributed by atoms with Gasteiger partial charge in [-0.05, 0) is 45.7 Å². The van der Waals surface area contributed by atoms with Crippen molar-refractivity contribution in [1.82, 2.24) is 10.2 Å². The van der Waals surface area contributed by atoms with Gasteiger partial charge in [-0.3, -0.25) is 9.69 Å². The molecule has 0 radical (unpaired) electrons. The Bertz CT molecular complexity index is 274. The Balaban J connectivity index is 0. The summed E-state index contributed by atoms with van der Waals surface area (Å²) in [5.41, 5.74) is 5.56. The molecule has 6 heteroatoms. The molecule has 1 unspecified atom stereocenters. The van der Waals surface area contributed by atoms with Gasteiger partial charge in [-0.25, -0.2) is 0 Å². The van der Waals surface area contributed by atoms with Gasteiger partial charge in [0.25, 0.3) is 0 Å². The van der Waals surface area contributed by atoms with E-state index in [1.54, 1.807) is 0 Å². The molecule has 1 rings (SSSR count). The van der Waals surface area contributed by atoms with Crippen LogP contribution in [0, 0.1) is 5.92 Å². The van der Waals surface area contributed by atoms with Crippen molar-refractivity contribution >= 4 is 30.7 Å². The number of carbonyl (C=O) groups excluding carboxylic acids is 1. The lowest BCUT2D eigenvalue weighted by Crippen LogP contribution is -2.54. The first kappa shape index (κ1) is 22.3. The van der Waals surface area contributed by atoms with E-state index in [9.17, 15) is 4.79 Å². The van der Waals surface area contributed by atoms with Gasteiger partial charge in [-0.15, -0.1) is 24.8 Å². The Hall–Kier alpha value is -0.0300. The van der Waals surface area contributed by atoms with E-state index < -0.39 is 0 Å². The second-order valence-electron chi connectivity index (χ2n) is 6.49. The summed E-state index contributed by atoms with van der Waals surface area (Å²) in [6.07, 6.45) is 3.70. The largest absolute Gasteiger partial charge is 0.353 e. The summed E-state index contributed by atoms with van der Waals surface area (Å²) in [6.45, 7) is 10.7. The first-order chi connectivity index (χ1) is 8.31. The SMILES string of the molecule is CC(C)C(C(=O)NCC(C)(C)N)N1CCCCC1.Cl.Cl. The van der Waals surface area contributed by atoms with Gasteiger partial charge in [0, 0.05) is 12.1 Å². The molecule has 0 spiro atoms. The third-order valence-electron chi connectivity index (χ3n) is 3.40. The molecule has 1 fully saturated rings. The fourth-order valence-corrected chi connectivity index (χ4v) is 2.51. The maximum atomic E-state index is 12.3. The van der Waals surface area contributed by atoms with Crippen molar-refractivity contribution < 1.29 is 4.79 Å². The molecule has 0 aromatic rings. The fraction of sp³-hybridized carbons (Fsp3) is 0.929. The molecule has 1 aliphatic rings. The average Bonchev–Trinajstić information content (AvgIpc) is 2.26. The number of halogens is 2. The molecule has 0 aromatic carbocycles. The number of likely N-dealkylation sites (tertiary alicyclic amines) is 1. The molecule has 1 saturated heterocycles. The van der Waals surface area contributed by atoms with Crippen LogP contribution >= 0.6 is 24.8 Å². The van der Waals surface area contributed by atoms with E-state index in [4.69, 9.17) is 5.73 Å². The summed E-state index contributed by atoms with van der Waals surface area (Å²) < 4.78 is 0. The Morgan fingerprint density at radius 1 is 1.20 bits per heavy atom. The zero-order valence-corrected chi connectivity index (χ0v) is 14.8. The second-order valence-corrected chi connectivity index (χ2v) is 6.49. The van der Waals surface area contributed by atoms with Gasteiger partial charge < -0.3 is 11.1 Å². The predicted octanol–water partition coefficient (Wildman–Crippen LogP) is 2.19. The minimum atomic E-state index is -0.348. The van der Waals surface area contributed by atoms with E-state index in [-0.39, 0.29) is 42.3 Å². The van der Waals surface area contributed by atoms with E-state index in [1.165, 1.54) is 19.3 Å². The van der Waals surface area contributed by atoms with Crippen LogP contribution in [0.15, 0.2) is 0 Å². The van der Waals surface area contributed by atoms with Gasteiger partial charge in [-0.2, -0.15) is 0 Å². The minimum Gasteiger partial charge on any atom is -0.353 e. The highest BCUT2D eigenvalue weighted by molar-refractivity contribution is 5.85. The van der Waals surface area contributed by atoms with E-state index in [1.807, 2.05) is 13.8 Å². The van der Waals surface area contributed by atoms with Gasteiger partial charge in [0.15, 0.2) is 0 Å². The maximum absolute atomic E-state index is 12.3. The molecule has 1 atom stereocenters. The van der Waals surface area contributed by atoms with E-state index in [0.717, 1.165) is 13.1 Å². The lowest BCUT2D eigenvalue weighted by molar-refractivity contribution is -0.128. The highest BCUT2D eigenvalue weighted by Gasteiger charge is 2.30. The molecule has 1 heterocycles. The normalized spacial score (nSPS) is 17.9. The van der Waals surface area contributed by atoms with Crippen molar-refractivity contribution in [3.05, 3.63) is 0 Å². The summed E-state index contributed by atoms with van der Waals surface area (Å²) in [7, 11) is 0. The summed E-state index contributed by atoms with van der Waals surface area (Å²) >= 11 is 0. The number of nitrogens with zero attached hydrogens (tertiary/aromatic N) is 1. The third-order valence-corrected chi connectivity index (χ3v) is 3.40. The molecular weight excluding hydrogens is 297 g/mol. The topological polar surface area (TPSA) is 58.4 Å². The number of nitrogens with one attached hydrogen (secondary N) is 1. The summed E-state index contributed by atoms with van der Waals surface area (Å²) in [5, 5.41) is 3.00. The van der Waals surface area contributed by atoms with Crippen molar-refractivity contribution in [2.24, 2.45) is 11.7 Å². The molecule has 1 aliphatic heterocycles. The van der Waals surface area contributed by atoms with Crippen molar-refractivity contribution in [2.75, 3.05) is 19.6 Å². The quantitative estimate of drug-likeness (QED) is 0.813. The van der Waals surface area contributed by atoms with Crippen molar-refractivity contribution in [1.29, 1.82) is 0 Å². The second kappa shape index (κ2) is 9.82. The Kier molecular flexibility index (Phi) is 10.9. The molecule has 0 saturated carbocycles. The first-order valence-corrected chi connectivity index (χ1v) is 7.12. The van der Waals surface area contributed by atoms with Crippen LogP contribution in [-0.4, -0.2) is 42.0 Å². The van der Waals surface area contributed by atoms with E-state index in [0.29, 0.717) is 12.5 Å². The van der Waals surface area contributed by atoms with Gasteiger partial charge in [0.05, 0.1) is 6.04 Å². The number of rotatable bonds is 5. The van der Waals surface area contributed by atoms with Crippen LogP contribution in [0.4, 0.5) is 0 Å². The standard InChI is InChI=1S/C14H29N3O.2ClH/c1-11(2)12(17-8-6-5-7-9-17)13(18)16-10-14(3,4)15;;/h11-12H,5-10,15H2,1-4H3,(H,16,18);2*1H. The minimum absolute atomic E-state index is 0. The van der Waals surface area contributed by atoms with Crippen molar-refractivity contribution in [2.45, 2.75) is 58.5 Å². The first-order valence-electron chi connectivity index (χ1n) is 7.12. The van der Waals surface area contributed by atoms with Crippen LogP contribution in [0.1, 0.15) is 47.0 Å². The number of carbonyl (C=O) groups is 1.